The van der Waals surface area contributed by atoms with E-state index in [9.17, 15) is 23.5 Å². The first kappa shape index (κ1) is 26.8. The van der Waals surface area contributed by atoms with Gasteiger partial charge in [-0.25, -0.2) is 8.78 Å². The molecule has 0 radical (unpaired) electrons. The van der Waals surface area contributed by atoms with Crippen molar-refractivity contribution in [3.05, 3.63) is 118 Å². The molecular weight excluding hydrogens is 538 g/mol. The number of nitrogens with one attached hydrogen (secondary N) is 2. The predicted molar refractivity (Wildman–Crippen MR) is 148 cm³/mol. The Hall–Kier alpha value is -4.76. The molecule has 2 amide bonds. The molecule has 0 saturated carbocycles. The minimum Gasteiger partial charge on any atom is -0.508 e. The summed E-state index contributed by atoms with van der Waals surface area (Å²) in [6.45, 7) is 0. The molecule has 10 heteroatoms. The molecule has 5 N–H and O–H groups in total. The standard InChI is InChI=1S/C30H23ClF2N4O3/c31-25-5-3-17(11-24(25)30(34)40)22-2-1-7-35-29(22)27(10-16-8-19(32)13-20(33)9-16)37-28(39)12-18-15-36-26-6-4-21(38)14-23(18)26/h1-9,11,13-15,27,36,38H,10,12H2,(H2,34,40)(H,37,39). The van der Waals surface area contributed by atoms with Gasteiger partial charge in [-0.1, -0.05) is 23.7 Å². The van der Waals surface area contributed by atoms with Gasteiger partial charge in [-0.2, -0.15) is 0 Å². The highest BCUT2D eigenvalue weighted by atomic mass is 35.5. The van der Waals surface area contributed by atoms with Gasteiger partial charge in [0.2, 0.25) is 11.8 Å². The Morgan fingerprint density at radius 2 is 1.82 bits per heavy atom. The number of primary amides is 1. The number of H-pyrrole nitrogens is 1. The van der Waals surface area contributed by atoms with Crippen molar-refractivity contribution in [2.75, 3.05) is 0 Å². The number of carbonyl (C=O) groups excluding carboxylic acids is 2. The summed E-state index contributed by atoms with van der Waals surface area (Å²) in [5.74, 6) is -2.51. The Morgan fingerprint density at radius 1 is 1.05 bits per heavy atom. The van der Waals surface area contributed by atoms with E-state index in [-0.39, 0.29) is 35.1 Å². The largest absolute Gasteiger partial charge is 0.508 e. The van der Waals surface area contributed by atoms with Gasteiger partial charge in [0.25, 0.3) is 0 Å². The summed E-state index contributed by atoms with van der Waals surface area (Å²) in [4.78, 5) is 32.8. The van der Waals surface area contributed by atoms with Crippen LogP contribution in [-0.4, -0.2) is 26.9 Å². The molecule has 0 spiro atoms. The topological polar surface area (TPSA) is 121 Å². The summed E-state index contributed by atoms with van der Waals surface area (Å²) in [6.07, 6.45) is 3.21. The fourth-order valence-electron chi connectivity index (χ4n) is 4.73. The van der Waals surface area contributed by atoms with Crippen LogP contribution in [0.3, 0.4) is 0 Å². The minimum absolute atomic E-state index is 0.0232. The van der Waals surface area contributed by atoms with Crippen molar-refractivity contribution >= 4 is 34.3 Å². The van der Waals surface area contributed by atoms with Gasteiger partial charge >= 0.3 is 0 Å². The number of hydrogen-bond acceptors (Lipinski definition) is 4. The number of amides is 2. The van der Waals surface area contributed by atoms with E-state index in [4.69, 9.17) is 17.3 Å². The number of phenolic OH excluding ortho intramolecular Hbond substituents is 1. The molecule has 40 heavy (non-hydrogen) atoms. The fraction of sp³-hybridized carbons (Fsp3) is 0.100. The second-order valence-electron chi connectivity index (χ2n) is 9.32. The van der Waals surface area contributed by atoms with Crippen LogP contribution in [0.4, 0.5) is 8.78 Å². The molecule has 202 valence electrons. The van der Waals surface area contributed by atoms with Crippen molar-refractivity contribution < 1.29 is 23.5 Å². The molecule has 0 aliphatic carbocycles. The summed E-state index contributed by atoms with van der Waals surface area (Å²) < 4.78 is 28.1. The van der Waals surface area contributed by atoms with Crippen LogP contribution in [0.25, 0.3) is 22.0 Å². The zero-order chi connectivity index (χ0) is 28.4. The number of aromatic hydroxyl groups is 1. The maximum atomic E-state index is 14.1. The Kier molecular flexibility index (Phi) is 7.48. The molecule has 3 aromatic carbocycles. The van der Waals surface area contributed by atoms with E-state index in [1.54, 1.807) is 42.6 Å². The van der Waals surface area contributed by atoms with Crippen molar-refractivity contribution in [2.24, 2.45) is 5.73 Å². The molecule has 0 bridgehead atoms. The van der Waals surface area contributed by atoms with Gasteiger partial charge in [0, 0.05) is 34.9 Å². The highest BCUT2D eigenvalue weighted by Gasteiger charge is 2.23. The Morgan fingerprint density at radius 3 is 2.58 bits per heavy atom. The van der Waals surface area contributed by atoms with Gasteiger partial charge in [0.1, 0.15) is 17.4 Å². The van der Waals surface area contributed by atoms with Crippen LogP contribution in [0, 0.1) is 11.6 Å². The summed E-state index contributed by atoms with van der Waals surface area (Å²) >= 11 is 6.14. The molecule has 0 saturated heterocycles. The molecule has 1 atom stereocenters. The highest BCUT2D eigenvalue weighted by Crippen LogP contribution is 2.32. The van der Waals surface area contributed by atoms with Gasteiger partial charge in [-0.15, -0.1) is 0 Å². The maximum absolute atomic E-state index is 14.1. The van der Waals surface area contributed by atoms with Gasteiger partial charge in [0.15, 0.2) is 0 Å². The number of nitrogens with zero attached hydrogens (tertiary/aromatic N) is 1. The predicted octanol–water partition coefficient (Wildman–Crippen LogP) is 5.61. The zero-order valence-corrected chi connectivity index (χ0v) is 21.7. The first-order valence-corrected chi connectivity index (χ1v) is 12.6. The van der Waals surface area contributed by atoms with Crippen molar-refractivity contribution in [2.45, 2.75) is 18.9 Å². The van der Waals surface area contributed by atoms with Gasteiger partial charge in [0.05, 0.1) is 28.7 Å². The molecule has 0 aliphatic rings. The average molecular weight is 561 g/mol. The first-order valence-electron chi connectivity index (χ1n) is 12.3. The van der Waals surface area contributed by atoms with Crippen LogP contribution in [-0.2, 0) is 17.6 Å². The minimum atomic E-state index is -0.809. The van der Waals surface area contributed by atoms with E-state index in [1.807, 2.05) is 0 Å². The average Bonchev–Trinajstić information content (AvgIpc) is 3.29. The number of benzene rings is 3. The third-order valence-corrected chi connectivity index (χ3v) is 6.84. The Labute approximate surface area is 232 Å². The number of phenols is 1. The number of carbonyl (C=O) groups is 2. The van der Waals surface area contributed by atoms with Gasteiger partial charge in [-0.3, -0.25) is 14.6 Å². The second-order valence-corrected chi connectivity index (χ2v) is 9.72. The van der Waals surface area contributed by atoms with Gasteiger partial charge in [-0.05, 0) is 71.6 Å². The second kappa shape index (κ2) is 11.2. The molecule has 5 rings (SSSR count). The third kappa shape index (κ3) is 5.79. The summed E-state index contributed by atoms with van der Waals surface area (Å²) in [7, 11) is 0. The fourth-order valence-corrected chi connectivity index (χ4v) is 4.94. The van der Waals surface area contributed by atoms with Crippen LogP contribution in [0.5, 0.6) is 5.75 Å². The zero-order valence-electron chi connectivity index (χ0n) is 20.9. The SMILES string of the molecule is NC(=O)c1cc(-c2cccnc2C(Cc2cc(F)cc(F)c2)NC(=O)Cc2c[nH]c3ccc(O)cc23)ccc1Cl. The summed E-state index contributed by atoms with van der Waals surface area (Å²) in [5.41, 5.74) is 8.87. The molecule has 5 aromatic rings. The van der Waals surface area contributed by atoms with Crippen molar-refractivity contribution in [1.82, 2.24) is 15.3 Å². The number of rotatable bonds is 8. The van der Waals surface area contributed by atoms with E-state index < -0.39 is 23.6 Å². The monoisotopic (exact) mass is 560 g/mol. The number of hydrogen-bond donors (Lipinski definition) is 4. The highest BCUT2D eigenvalue weighted by molar-refractivity contribution is 6.33. The number of aromatic amines is 1. The molecule has 1 unspecified atom stereocenters. The smallest absolute Gasteiger partial charge is 0.250 e. The molecule has 2 aromatic heterocycles. The Balaban J connectivity index is 1.53. The van der Waals surface area contributed by atoms with Crippen molar-refractivity contribution in [3.63, 3.8) is 0 Å². The molecule has 0 aliphatic heterocycles. The molecule has 0 fully saturated rings. The van der Waals surface area contributed by atoms with Gasteiger partial charge < -0.3 is 21.1 Å². The normalized spacial score (nSPS) is 11.9. The number of pyridine rings is 1. The van der Waals surface area contributed by atoms with Crippen LogP contribution in [0.15, 0.2) is 79.1 Å². The lowest BCUT2D eigenvalue weighted by Crippen LogP contribution is -2.32. The summed E-state index contributed by atoms with van der Waals surface area (Å²) in [5, 5.41) is 13.7. The molecular formula is C30H23ClF2N4O3. The lowest BCUT2D eigenvalue weighted by Gasteiger charge is -2.22. The van der Waals surface area contributed by atoms with Crippen molar-refractivity contribution in [3.8, 4) is 16.9 Å². The maximum Gasteiger partial charge on any atom is 0.250 e. The van der Waals surface area contributed by atoms with E-state index in [0.29, 0.717) is 33.3 Å². The molecule has 7 nitrogen and oxygen atoms in total. The van der Waals surface area contributed by atoms with Crippen LogP contribution in [0.2, 0.25) is 5.02 Å². The van der Waals surface area contributed by atoms with E-state index in [1.165, 1.54) is 30.5 Å². The third-order valence-electron chi connectivity index (χ3n) is 6.51. The Bertz CT molecular complexity index is 1730. The van der Waals surface area contributed by atoms with Crippen LogP contribution >= 0.6 is 11.6 Å². The van der Waals surface area contributed by atoms with E-state index in [2.05, 4.69) is 15.3 Å². The van der Waals surface area contributed by atoms with Crippen LogP contribution in [0.1, 0.15) is 33.2 Å². The number of aromatic nitrogens is 2. The lowest BCUT2D eigenvalue weighted by molar-refractivity contribution is -0.121. The lowest BCUT2D eigenvalue weighted by atomic mass is 9.94. The summed E-state index contributed by atoms with van der Waals surface area (Å²) in [6, 6.07) is 15.4. The quantitative estimate of drug-likeness (QED) is 0.197. The number of halogens is 3. The number of nitrogens with two attached hydrogens (primary N) is 1. The van der Waals surface area contributed by atoms with Crippen LogP contribution < -0.4 is 11.1 Å². The molecule has 2 heterocycles. The first-order chi connectivity index (χ1) is 19.2. The van der Waals surface area contributed by atoms with E-state index >= 15 is 0 Å². The van der Waals surface area contributed by atoms with E-state index in [0.717, 1.165) is 11.6 Å². The van der Waals surface area contributed by atoms with Crippen molar-refractivity contribution in [1.29, 1.82) is 0 Å². The number of fused-ring (bicyclic) bond motifs is 1.